The topological polar surface area (TPSA) is 89.3 Å². The molecular weight excluding hydrogens is 430 g/mol. The fourth-order valence-corrected chi connectivity index (χ4v) is 4.21. The molecule has 0 radical (unpaired) electrons. The lowest BCUT2D eigenvalue weighted by Crippen LogP contribution is -2.32. The van der Waals surface area contributed by atoms with Gasteiger partial charge in [-0.1, -0.05) is 30.3 Å². The number of nitrogens with zero attached hydrogens (tertiary/aromatic N) is 4. The van der Waals surface area contributed by atoms with E-state index < -0.39 is 5.92 Å². The molecule has 0 spiro atoms. The van der Waals surface area contributed by atoms with Crippen molar-refractivity contribution in [3.8, 4) is 11.6 Å². The molecule has 5 rings (SSSR count). The van der Waals surface area contributed by atoms with E-state index in [1.165, 1.54) is 0 Å². The van der Waals surface area contributed by atoms with Gasteiger partial charge in [0.05, 0.1) is 29.2 Å². The minimum absolute atomic E-state index is 0.0779. The van der Waals surface area contributed by atoms with Crippen molar-refractivity contribution in [3.63, 3.8) is 0 Å². The van der Waals surface area contributed by atoms with Crippen LogP contribution in [0.1, 0.15) is 18.9 Å². The van der Waals surface area contributed by atoms with Gasteiger partial charge in [0.15, 0.2) is 0 Å². The highest BCUT2D eigenvalue weighted by atomic mass is 16.5. The Balaban J connectivity index is 1.21. The molecule has 1 aliphatic heterocycles. The molecule has 0 aliphatic carbocycles. The molecule has 2 amide bonds. The van der Waals surface area contributed by atoms with Crippen LogP contribution in [0.25, 0.3) is 16.9 Å². The lowest BCUT2D eigenvalue weighted by molar-refractivity contribution is -0.126. The Morgan fingerprint density at radius 1 is 1.09 bits per heavy atom. The van der Waals surface area contributed by atoms with Gasteiger partial charge in [-0.25, -0.2) is 9.97 Å². The Morgan fingerprint density at radius 2 is 1.91 bits per heavy atom. The number of para-hydroxylation sites is 4. The van der Waals surface area contributed by atoms with Gasteiger partial charge in [0.25, 0.3) is 0 Å². The Labute approximate surface area is 197 Å². The van der Waals surface area contributed by atoms with E-state index in [1.54, 1.807) is 17.4 Å². The smallest absolute Gasteiger partial charge is 0.227 e. The molecule has 1 fully saturated rings. The summed E-state index contributed by atoms with van der Waals surface area (Å²) in [7, 11) is 0. The number of nitrogens with one attached hydrogen (secondary N) is 1. The molecule has 1 atom stereocenters. The third-order valence-electron chi connectivity index (χ3n) is 5.93. The van der Waals surface area contributed by atoms with Crippen LogP contribution in [0.3, 0.4) is 0 Å². The molecule has 172 valence electrons. The van der Waals surface area contributed by atoms with Crippen molar-refractivity contribution < 1.29 is 14.3 Å². The van der Waals surface area contributed by atoms with Crippen molar-refractivity contribution in [2.45, 2.75) is 19.9 Å². The van der Waals surface area contributed by atoms with E-state index in [-0.39, 0.29) is 18.2 Å². The van der Waals surface area contributed by atoms with Gasteiger partial charge in [0.2, 0.25) is 11.8 Å². The minimum Gasteiger partial charge on any atom is -0.492 e. The molecular formula is C26H25N5O3. The first-order chi connectivity index (χ1) is 16.6. The number of carbonyl (C=O) groups is 2. The van der Waals surface area contributed by atoms with Crippen molar-refractivity contribution >= 4 is 28.5 Å². The average molecular weight is 456 g/mol. The fourth-order valence-electron chi connectivity index (χ4n) is 4.21. The standard InChI is InChI=1S/C26H25N5O3/c1-2-34-23-10-6-5-9-22(23)30-16-19(13-25(30)32)26(33)28-15-18-11-12-24(27-14-18)31-17-29-20-7-3-4-8-21(20)31/h3-12,14,17,19H,2,13,15-16H2,1H3,(H,28,33). The van der Waals surface area contributed by atoms with E-state index in [1.807, 2.05) is 72.2 Å². The molecule has 8 nitrogen and oxygen atoms in total. The first kappa shape index (κ1) is 21.6. The number of ether oxygens (including phenoxy) is 1. The van der Waals surface area contributed by atoms with Crippen LogP contribution in [-0.2, 0) is 16.1 Å². The van der Waals surface area contributed by atoms with Gasteiger partial charge < -0.3 is 15.0 Å². The molecule has 1 saturated heterocycles. The quantitative estimate of drug-likeness (QED) is 0.461. The van der Waals surface area contributed by atoms with E-state index >= 15 is 0 Å². The van der Waals surface area contributed by atoms with Crippen LogP contribution in [0.4, 0.5) is 5.69 Å². The van der Waals surface area contributed by atoms with Crippen molar-refractivity contribution in [2.24, 2.45) is 5.92 Å². The molecule has 0 saturated carbocycles. The third-order valence-corrected chi connectivity index (χ3v) is 5.93. The van der Waals surface area contributed by atoms with Gasteiger partial charge in [0.1, 0.15) is 17.9 Å². The zero-order valence-electron chi connectivity index (χ0n) is 18.8. The van der Waals surface area contributed by atoms with Crippen LogP contribution in [0.5, 0.6) is 5.75 Å². The maximum Gasteiger partial charge on any atom is 0.227 e. The molecule has 0 bridgehead atoms. The average Bonchev–Trinajstić information content (AvgIpc) is 3.47. The molecule has 2 aromatic carbocycles. The summed E-state index contributed by atoms with van der Waals surface area (Å²) < 4.78 is 7.58. The number of amides is 2. The summed E-state index contributed by atoms with van der Waals surface area (Å²) in [5, 5.41) is 2.95. The van der Waals surface area contributed by atoms with Gasteiger partial charge in [-0.15, -0.1) is 0 Å². The predicted octanol–water partition coefficient (Wildman–Crippen LogP) is 3.49. The van der Waals surface area contributed by atoms with Crippen molar-refractivity contribution in [3.05, 3.63) is 78.8 Å². The number of hydrogen-bond donors (Lipinski definition) is 1. The normalized spacial score (nSPS) is 15.6. The van der Waals surface area contributed by atoms with E-state index in [2.05, 4.69) is 15.3 Å². The monoisotopic (exact) mass is 455 g/mol. The second-order valence-electron chi connectivity index (χ2n) is 8.15. The first-order valence-electron chi connectivity index (χ1n) is 11.3. The number of carbonyl (C=O) groups excluding carboxylic acids is 2. The molecule has 3 heterocycles. The van der Waals surface area contributed by atoms with Gasteiger partial charge in [-0.3, -0.25) is 14.2 Å². The Bertz CT molecular complexity index is 1330. The van der Waals surface area contributed by atoms with Gasteiger partial charge in [-0.2, -0.15) is 0 Å². The summed E-state index contributed by atoms with van der Waals surface area (Å²) in [6.07, 6.45) is 3.67. The van der Waals surface area contributed by atoms with Crippen molar-refractivity contribution in [1.82, 2.24) is 19.9 Å². The number of fused-ring (bicyclic) bond motifs is 1. The number of aromatic nitrogens is 3. The lowest BCUT2D eigenvalue weighted by atomic mass is 10.1. The highest BCUT2D eigenvalue weighted by molar-refractivity contribution is 6.01. The van der Waals surface area contributed by atoms with Crippen LogP contribution >= 0.6 is 0 Å². The third kappa shape index (κ3) is 4.22. The number of imidazole rings is 1. The number of hydrogen-bond acceptors (Lipinski definition) is 5. The highest BCUT2D eigenvalue weighted by Crippen LogP contribution is 2.33. The van der Waals surface area contributed by atoms with Crippen LogP contribution in [-0.4, -0.2) is 39.5 Å². The summed E-state index contributed by atoms with van der Waals surface area (Å²) in [5.74, 6) is 0.775. The zero-order valence-corrected chi connectivity index (χ0v) is 18.8. The molecule has 34 heavy (non-hydrogen) atoms. The Hall–Kier alpha value is -4.20. The number of anilines is 1. The zero-order chi connectivity index (χ0) is 23.5. The maximum absolute atomic E-state index is 12.8. The summed E-state index contributed by atoms with van der Waals surface area (Å²) in [6, 6.07) is 19.1. The summed E-state index contributed by atoms with van der Waals surface area (Å²) in [4.78, 5) is 36.0. The molecule has 8 heteroatoms. The maximum atomic E-state index is 12.8. The number of benzene rings is 2. The molecule has 2 aromatic heterocycles. The summed E-state index contributed by atoms with van der Waals surface area (Å²) in [6.45, 7) is 3.08. The minimum atomic E-state index is -0.410. The van der Waals surface area contributed by atoms with E-state index in [4.69, 9.17) is 4.74 Å². The lowest BCUT2D eigenvalue weighted by Gasteiger charge is -2.20. The summed E-state index contributed by atoms with van der Waals surface area (Å²) in [5.41, 5.74) is 3.47. The van der Waals surface area contributed by atoms with Crippen LogP contribution in [0.2, 0.25) is 0 Å². The molecule has 1 N–H and O–H groups in total. The van der Waals surface area contributed by atoms with Crippen molar-refractivity contribution in [1.29, 1.82) is 0 Å². The Kier molecular flexibility index (Phi) is 5.95. The molecule has 1 unspecified atom stereocenters. The second kappa shape index (κ2) is 9.35. The van der Waals surface area contributed by atoms with Crippen molar-refractivity contribution in [2.75, 3.05) is 18.1 Å². The molecule has 4 aromatic rings. The van der Waals surface area contributed by atoms with Gasteiger partial charge >= 0.3 is 0 Å². The highest BCUT2D eigenvalue weighted by Gasteiger charge is 2.36. The van der Waals surface area contributed by atoms with Gasteiger partial charge in [0, 0.05) is 25.7 Å². The SMILES string of the molecule is CCOc1ccccc1N1CC(C(=O)NCc2ccc(-n3cnc4ccccc43)nc2)CC1=O. The first-order valence-corrected chi connectivity index (χ1v) is 11.3. The van der Waals surface area contributed by atoms with E-state index in [0.29, 0.717) is 31.1 Å². The van der Waals surface area contributed by atoms with Crippen LogP contribution in [0, 0.1) is 5.92 Å². The number of rotatable bonds is 7. The number of pyridine rings is 1. The molecule has 1 aliphatic rings. The predicted molar refractivity (Wildman–Crippen MR) is 129 cm³/mol. The van der Waals surface area contributed by atoms with E-state index in [0.717, 1.165) is 22.4 Å². The second-order valence-corrected chi connectivity index (χ2v) is 8.15. The fraction of sp³-hybridized carbons (Fsp3) is 0.231. The van der Waals surface area contributed by atoms with Gasteiger partial charge in [-0.05, 0) is 42.8 Å². The Morgan fingerprint density at radius 3 is 2.74 bits per heavy atom. The van der Waals surface area contributed by atoms with Crippen LogP contribution < -0.4 is 15.0 Å². The van der Waals surface area contributed by atoms with Crippen LogP contribution in [0.15, 0.2) is 73.2 Å². The summed E-state index contributed by atoms with van der Waals surface area (Å²) >= 11 is 0. The van der Waals surface area contributed by atoms with E-state index in [9.17, 15) is 9.59 Å². The largest absolute Gasteiger partial charge is 0.492 e.